The number of hydrogen-bond donors (Lipinski definition) is 7. The van der Waals surface area contributed by atoms with Crippen LogP contribution in [-0.4, -0.2) is 123 Å². The van der Waals surface area contributed by atoms with Crippen molar-refractivity contribution in [2.45, 2.75) is 175 Å². The second kappa shape index (κ2) is 36.5. The molecule has 113 heavy (non-hydrogen) atoms. The Kier molecular flexibility index (Phi) is 26.2. The number of Topliss-reactive ketones (excluding diaryl/α,β-unsaturated/α-hetero) is 3. The number of hydrogen-bond acceptors (Lipinski definition) is 10. The third-order valence-corrected chi connectivity index (χ3v) is 22.9. The summed E-state index contributed by atoms with van der Waals surface area (Å²) >= 11 is 0. The normalized spacial score (nSPS) is 18.7. The van der Waals surface area contributed by atoms with Crippen LogP contribution < -0.4 is 21.3 Å². The molecule has 7 heterocycles. The summed E-state index contributed by atoms with van der Waals surface area (Å²) in [5.41, 5.74) is 10.3. The number of nitrogens with one attached hydrogen (secondary N) is 7. The van der Waals surface area contributed by atoms with Gasteiger partial charge in [-0.25, -0.2) is 13.2 Å². The van der Waals surface area contributed by atoms with Gasteiger partial charge < -0.3 is 50.8 Å². The molecule has 9 aromatic rings. The standard InChI is InChI=1S/C33H38FN3O3.C30H32FN3O4.C28H30FN3O3/c1-20-15-30(39)37-32(31(20)29(38)17-22-9-12-28-24(16-22)13-14-35-28)25-10-11-27(34)26(18-25)33(40)36-19-21(2)23-7-5-3-4-6-8-23;1-18-13-27(36)33-29(28(18)26(35)15-19-6-9-25-20(14-19)10-11-32-25)21-7-8-24(31)23(16-21)30(37)34(2)17-22-5-3-4-12-38-22;1-5-17(3)32(4)28(35)21-15-20(7-8-22(21)29)27-26(16(2)12-25(34)31-27)24(33)14-18-6-9-23-19(13-18)10-11-30-23/h9-14,16,18,21,23,32,35H,3-8,15,17,19H2,1-2H3,(H,36,40)(H,37,39);6-11,14,16,22,29,32H,3-5,12-13,15,17H2,1-2H3,(H,33,36);6-11,13,15,17,27,30H,5,12,14H2,1-4H3,(H,31,34). The maximum absolute atomic E-state index is 14.9. The molecule has 6 atom stereocenters. The van der Waals surface area contributed by atoms with Crippen LogP contribution in [0, 0.1) is 29.3 Å². The Morgan fingerprint density at radius 3 is 1.27 bits per heavy atom. The molecule has 0 bridgehead atoms. The van der Waals surface area contributed by atoms with Crippen molar-refractivity contribution in [2.75, 3.05) is 33.8 Å². The van der Waals surface area contributed by atoms with Crippen molar-refractivity contribution in [1.29, 1.82) is 0 Å². The van der Waals surface area contributed by atoms with E-state index >= 15 is 0 Å². The van der Waals surface area contributed by atoms with Gasteiger partial charge in [-0.05, 0) is 206 Å². The molecule has 14 rings (SSSR count). The molecule has 4 aliphatic heterocycles. The predicted octanol–water partition coefficient (Wildman–Crippen LogP) is 15.8. The number of H-pyrrole nitrogens is 3. The van der Waals surface area contributed by atoms with Crippen LogP contribution in [0.2, 0.25) is 0 Å². The fourth-order valence-corrected chi connectivity index (χ4v) is 16.3. The van der Waals surface area contributed by atoms with Crippen LogP contribution in [-0.2, 0) is 52.8 Å². The number of benzene rings is 6. The van der Waals surface area contributed by atoms with Gasteiger partial charge in [0, 0.05) is 130 Å². The molecule has 0 radical (unpaired) electrons. The minimum Gasteiger partial charge on any atom is -0.376 e. The van der Waals surface area contributed by atoms with Gasteiger partial charge in [-0.3, -0.25) is 43.2 Å². The smallest absolute Gasteiger partial charge is 0.256 e. The van der Waals surface area contributed by atoms with Crippen LogP contribution in [0.25, 0.3) is 32.7 Å². The zero-order valence-corrected chi connectivity index (χ0v) is 65.4. The number of ether oxygens (including phenoxy) is 1. The highest BCUT2D eigenvalue weighted by Gasteiger charge is 2.37. The van der Waals surface area contributed by atoms with Gasteiger partial charge in [-0.15, -0.1) is 0 Å². The first-order valence-corrected chi connectivity index (χ1v) is 39.3. The number of likely N-dealkylation sites (N-methyl/N-ethyl adjacent to an activating group) is 1. The lowest BCUT2D eigenvalue weighted by Crippen LogP contribution is -2.38. The number of carbonyl (C=O) groups excluding carboxylic acids is 9. The monoisotopic (exact) mass is 1540 g/mol. The van der Waals surface area contributed by atoms with Crippen molar-refractivity contribution in [2.24, 2.45) is 11.8 Å². The van der Waals surface area contributed by atoms with E-state index < -0.39 is 53.3 Å². The van der Waals surface area contributed by atoms with Gasteiger partial charge in [0.2, 0.25) is 17.7 Å². The number of ketones is 3. The van der Waals surface area contributed by atoms with E-state index in [9.17, 15) is 56.3 Å². The number of aromatic amines is 3. The molecule has 6 aromatic carbocycles. The molecule has 7 N–H and O–H groups in total. The summed E-state index contributed by atoms with van der Waals surface area (Å²) in [6.07, 6.45) is 17.3. The molecule has 0 spiro atoms. The van der Waals surface area contributed by atoms with E-state index in [-0.39, 0.29) is 102 Å². The lowest BCUT2D eigenvalue weighted by molar-refractivity contribution is -0.123. The van der Waals surface area contributed by atoms with Crippen molar-refractivity contribution in [3.8, 4) is 0 Å². The Morgan fingerprint density at radius 1 is 0.487 bits per heavy atom. The summed E-state index contributed by atoms with van der Waals surface area (Å²) in [7, 11) is 3.28. The van der Waals surface area contributed by atoms with Crippen molar-refractivity contribution in [3.05, 3.63) is 247 Å². The average molecular weight is 1540 g/mol. The van der Waals surface area contributed by atoms with Crippen LogP contribution in [0.1, 0.15) is 208 Å². The molecule has 6 amide bonds. The quantitative estimate of drug-likeness (QED) is 0.0315. The summed E-state index contributed by atoms with van der Waals surface area (Å²) in [6.45, 7) is 12.9. The van der Waals surface area contributed by atoms with Gasteiger partial charge >= 0.3 is 0 Å². The van der Waals surface area contributed by atoms with Gasteiger partial charge in [-0.2, -0.15) is 0 Å². The molecule has 19 nitrogen and oxygen atoms in total. The molecule has 1 saturated heterocycles. The van der Waals surface area contributed by atoms with Crippen molar-refractivity contribution >= 4 is 85.5 Å². The van der Waals surface area contributed by atoms with E-state index in [2.05, 4.69) is 43.1 Å². The van der Waals surface area contributed by atoms with Crippen LogP contribution in [0.15, 0.2) is 179 Å². The van der Waals surface area contributed by atoms with E-state index in [1.165, 1.54) is 96.9 Å². The van der Waals surface area contributed by atoms with Gasteiger partial charge in [0.05, 0.1) is 40.9 Å². The minimum absolute atomic E-state index is 0.0587. The fourth-order valence-electron chi connectivity index (χ4n) is 16.3. The Morgan fingerprint density at radius 2 is 0.876 bits per heavy atom. The fraction of sp³-hybridized carbons (Fsp3) is 0.374. The maximum Gasteiger partial charge on any atom is 0.256 e. The summed E-state index contributed by atoms with van der Waals surface area (Å²) in [5.74, 6) is -3.39. The molecule has 1 saturated carbocycles. The topological polar surface area (TPSA) is 265 Å². The third-order valence-electron chi connectivity index (χ3n) is 22.9. The van der Waals surface area contributed by atoms with Crippen LogP contribution >= 0.6 is 0 Å². The molecule has 6 unspecified atom stereocenters. The molecule has 3 aromatic heterocycles. The zero-order valence-electron chi connectivity index (χ0n) is 65.4. The van der Waals surface area contributed by atoms with Gasteiger partial charge in [-0.1, -0.05) is 105 Å². The number of rotatable bonds is 22. The summed E-state index contributed by atoms with van der Waals surface area (Å²) < 4.78 is 50.2. The van der Waals surface area contributed by atoms with Crippen molar-refractivity contribution in [1.82, 2.24) is 46.0 Å². The number of amides is 6. The molecule has 22 heteroatoms. The van der Waals surface area contributed by atoms with Crippen molar-refractivity contribution in [3.63, 3.8) is 0 Å². The molecular weight excluding hydrogens is 1440 g/mol. The van der Waals surface area contributed by atoms with Crippen LogP contribution in [0.3, 0.4) is 0 Å². The average Bonchev–Trinajstić information content (AvgIpc) is 1.78. The van der Waals surface area contributed by atoms with Crippen LogP contribution in [0.4, 0.5) is 13.2 Å². The van der Waals surface area contributed by atoms with Gasteiger partial charge in [0.25, 0.3) is 17.7 Å². The number of aromatic nitrogens is 3. The molecule has 1 aliphatic carbocycles. The highest BCUT2D eigenvalue weighted by Crippen LogP contribution is 2.38. The number of fused-ring (bicyclic) bond motifs is 3. The summed E-state index contributed by atoms with van der Waals surface area (Å²) in [6, 6.07) is 33.7. The van der Waals surface area contributed by atoms with Crippen LogP contribution in [0.5, 0.6) is 0 Å². The van der Waals surface area contributed by atoms with Gasteiger partial charge in [0.1, 0.15) is 17.5 Å². The van der Waals surface area contributed by atoms with E-state index in [1.807, 2.05) is 105 Å². The van der Waals surface area contributed by atoms with E-state index in [0.29, 0.717) is 81.7 Å². The van der Waals surface area contributed by atoms with Gasteiger partial charge in [0.15, 0.2) is 17.3 Å². The number of carbonyl (C=O) groups is 9. The maximum atomic E-state index is 14.9. The largest absolute Gasteiger partial charge is 0.376 e. The number of nitrogens with zero attached hydrogens (tertiary/aromatic N) is 2. The summed E-state index contributed by atoms with van der Waals surface area (Å²) in [4.78, 5) is 130. The minimum atomic E-state index is -0.765. The van der Waals surface area contributed by atoms with E-state index in [1.54, 1.807) is 40.9 Å². The van der Waals surface area contributed by atoms with E-state index in [0.717, 1.165) is 75.1 Å². The Hall–Kier alpha value is -11.3. The highest BCUT2D eigenvalue weighted by molar-refractivity contribution is 6.05. The molecular formula is C91H100F3N9O10. The first-order valence-electron chi connectivity index (χ1n) is 39.3. The Balaban J connectivity index is 0.000000157. The second-order valence-corrected chi connectivity index (χ2v) is 31.1. The first kappa shape index (κ1) is 81.2. The number of halogens is 3. The Bertz CT molecular complexity index is 5220. The summed E-state index contributed by atoms with van der Waals surface area (Å²) in [5, 5.41) is 14.7. The molecule has 5 aliphatic rings. The second-order valence-electron chi connectivity index (χ2n) is 31.1. The lowest BCUT2D eigenvalue weighted by Gasteiger charge is -2.29. The predicted molar refractivity (Wildman–Crippen MR) is 430 cm³/mol. The molecule has 590 valence electrons. The third kappa shape index (κ3) is 19.4. The van der Waals surface area contributed by atoms with Crippen molar-refractivity contribution < 1.29 is 61.1 Å². The highest BCUT2D eigenvalue weighted by atomic mass is 19.1. The lowest BCUT2D eigenvalue weighted by atomic mass is 9.85. The Labute approximate surface area is 656 Å². The molecule has 2 fully saturated rings. The first-order chi connectivity index (χ1) is 54.3. The SMILES string of the molecule is CC1=C(C(=O)Cc2ccc3[nH]ccc3c2)C(c2ccc(F)c(C(=O)N(C)CC3CCCCO3)c2)NC(=O)C1.CC1=C(C(=O)Cc2ccc3[nH]ccc3c2)C(c2ccc(F)c(C(=O)NCC(C)C3CCCCCC3)c2)NC(=O)C1.CCC(C)N(C)C(=O)c1cc(C2NC(=O)CC(C)=C2C(=O)Cc2ccc3[nH]ccc3c2)ccc1F. The zero-order chi connectivity index (χ0) is 80.3. The van der Waals surface area contributed by atoms with E-state index in [4.69, 9.17) is 4.74 Å².